The van der Waals surface area contributed by atoms with Gasteiger partial charge in [-0.1, -0.05) is 289 Å². The van der Waals surface area contributed by atoms with Crippen LogP contribution in [-0.4, -0.2) is 12.6 Å². The first-order valence-corrected chi connectivity index (χ1v) is 27.2. The van der Waals surface area contributed by atoms with E-state index < -0.39 is 0 Å². The van der Waals surface area contributed by atoms with Gasteiger partial charge in [0.1, 0.15) is 0 Å². The summed E-state index contributed by atoms with van der Waals surface area (Å²) in [5, 5.41) is 0. The van der Waals surface area contributed by atoms with E-state index in [0.717, 1.165) is 31.6 Å². The topological polar surface area (TPSA) is 26.3 Å². The van der Waals surface area contributed by atoms with Gasteiger partial charge in [0.15, 0.2) is 0 Å². The van der Waals surface area contributed by atoms with Gasteiger partial charge in [0.05, 0.1) is 6.61 Å². The molecule has 0 fully saturated rings. The average Bonchev–Trinajstić information content (AvgIpc) is 3.23. The predicted molar refractivity (Wildman–Crippen MR) is 262 cm³/mol. The van der Waals surface area contributed by atoms with E-state index in [1.54, 1.807) is 0 Å². The van der Waals surface area contributed by atoms with Crippen molar-refractivity contribution >= 4 is 5.97 Å². The molecule has 1 unspecified atom stereocenters. The fraction of sp³-hybridized carbons (Fsp3) is 0.911. The summed E-state index contributed by atoms with van der Waals surface area (Å²) in [5.41, 5.74) is 0. The zero-order valence-electron chi connectivity index (χ0n) is 40.4. The van der Waals surface area contributed by atoms with Crippen molar-refractivity contribution in [3.63, 3.8) is 0 Å². The Bertz CT molecular complexity index is 813. The van der Waals surface area contributed by atoms with E-state index in [1.165, 1.54) is 263 Å². The van der Waals surface area contributed by atoms with Gasteiger partial charge in [-0.05, 0) is 50.9 Å². The molecule has 0 aromatic carbocycles. The second-order valence-electron chi connectivity index (χ2n) is 18.7. The Hall–Kier alpha value is -1.05. The van der Waals surface area contributed by atoms with Crippen LogP contribution < -0.4 is 0 Å². The molecular formula is C56H108O2. The van der Waals surface area contributed by atoms with Gasteiger partial charge in [-0.25, -0.2) is 0 Å². The SMILES string of the molecule is CCCCC/C=C\C/C=C\CCCCCCCC(=O)OCCCCCCCCCCCCCCCCCC(CCCCCCCC)CCCCCCCCCCCC. The first kappa shape index (κ1) is 57.0. The molecule has 0 aromatic heterocycles. The van der Waals surface area contributed by atoms with Crippen molar-refractivity contribution in [3.8, 4) is 0 Å². The maximum absolute atomic E-state index is 12.1. The molecule has 0 N–H and O–H groups in total. The molecule has 0 spiro atoms. The van der Waals surface area contributed by atoms with E-state index in [1.807, 2.05) is 0 Å². The Morgan fingerprint density at radius 3 is 1.03 bits per heavy atom. The summed E-state index contributed by atoms with van der Waals surface area (Å²) in [5.74, 6) is 1.03. The van der Waals surface area contributed by atoms with E-state index in [0.29, 0.717) is 13.0 Å². The molecule has 0 saturated carbocycles. The quantitative estimate of drug-likeness (QED) is 0.0347. The molecule has 0 aliphatic rings. The minimum absolute atomic E-state index is 0.0166. The molecule has 0 aromatic rings. The number of allylic oxidation sites excluding steroid dienone is 4. The minimum atomic E-state index is 0.0166. The largest absolute Gasteiger partial charge is 0.466 e. The third kappa shape index (κ3) is 49.3. The van der Waals surface area contributed by atoms with Crippen molar-refractivity contribution < 1.29 is 9.53 Å². The number of carbonyl (C=O) groups is 1. The molecule has 0 heterocycles. The lowest BCUT2D eigenvalue weighted by Crippen LogP contribution is -2.05. The van der Waals surface area contributed by atoms with Crippen molar-refractivity contribution in [2.75, 3.05) is 6.61 Å². The highest BCUT2D eigenvalue weighted by atomic mass is 16.5. The zero-order valence-corrected chi connectivity index (χ0v) is 40.4. The molecule has 344 valence electrons. The summed E-state index contributed by atoms with van der Waals surface area (Å²) in [6.45, 7) is 7.53. The Labute approximate surface area is 367 Å². The van der Waals surface area contributed by atoms with Crippen molar-refractivity contribution in [1.29, 1.82) is 0 Å². The highest BCUT2D eigenvalue weighted by molar-refractivity contribution is 5.69. The van der Waals surface area contributed by atoms with Crippen molar-refractivity contribution in [2.24, 2.45) is 5.92 Å². The van der Waals surface area contributed by atoms with Crippen LogP contribution in [0.3, 0.4) is 0 Å². The van der Waals surface area contributed by atoms with Crippen LogP contribution in [0.5, 0.6) is 0 Å². The number of hydrogen-bond acceptors (Lipinski definition) is 2. The molecule has 2 nitrogen and oxygen atoms in total. The second kappa shape index (κ2) is 52.1. The lowest BCUT2D eigenvalue weighted by molar-refractivity contribution is -0.143. The first-order chi connectivity index (χ1) is 28.7. The van der Waals surface area contributed by atoms with Gasteiger partial charge in [0.2, 0.25) is 0 Å². The third-order valence-corrected chi connectivity index (χ3v) is 12.8. The number of hydrogen-bond donors (Lipinski definition) is 0. The molecule has 58 heavy (non-hydrogen) atoms. The van der Waals surface area contributed by atoms with Crippen LogP contribution in [0.15, 0.2) is 24.3 Å². The van der Waals surface area contributed by atoms with Gasteiger partial charge in [-0.3, -0.25) is 4.79 Å². The van der Waals surface area contributed by atoms with Crippen molar-refractivity contribution in [3.05, 3.63) is 24.3 Å². The first-order valence-electron chi connectivity index (χ1n) is 27.2. The summed E-state index contributed by atoms with van der Waals surface area (Å²) in [4.78, 5) is 12.1. The Kier molecular flexibility index (Phi) is 51.1. The van der Waals surface area contributed by atoms with Crippen LogP contribution in [0, 0.1) is 5.92 Å². The predicted octanol–water partition coefficient (Wildman–Crippen LogP) is 20.3. The number of carbonyl (C=O) groups excluding carboxylic acids is 1. The second-order valence-corrected chi connectivity index (χ2v) is 18.7. The minimum Gasteiger partial charge on any atom is -0.466 e. The van der Waals surface area contributed by atoms with Gasteiger partial charge in [-0.2, -0.15) is 0 Å². The van der Waals surface area contributed by atoms with Crippen LogP contribution in [0.2, 0.25) is 0 Å². The Balaban J connectivity index is 3.56. The number of ether oxygens (including phenoxy) is 1. The summed E-state index contributed by atoms with van der Waals surface area (Å²) in [6, 6.07) is 0. The number of esters is 1. The van der Waals surface area contributed by atoms with E-state index >= 15 is 0 Å². The monoisotopic (exact) mass is 813 g/mol. The summed E-state index contributed by atoms with van der Waals surface area (Å²) in [6.07, 6.45) is 71.9. The molecule has 1 atom stereocenters. The molecule has 0 radical (unpaired) electrons. The third-order valence-electron chi connectivity index (χ3n) is 12.8. The number of rotatable bonds is 50. The van der Waals surface area contributed by atoms with E-state index in [-0.39, 0.29) is 5.97 Å². The van der Waals surface area contributed by atoms with Crippen LogP contribution in [0.25, 0.3) is 0 Å². The molecule has 0 aliphatic heterocycles. The fourth-order valence-corrected chi connectivity index (χ4v) is 8.74. The van der Waals surface area contributed by atoms with E-state index in [2.05, 4.69) is 45.1 Å². The normalized spacial score (nSPS) is 12.4. The van der Waals surface area contributed by atoms with Gasteiger partial charge >= 0.3 is 5.97 Å². The van der Waals surface area contributed by atoms with Crippen LogP contribution in [-0.2, 0) is 9.53 Å². The fourth-order valence-electron chi connectivity index (χ4n) is 8.74. The molecular weight excluding hydrogens is 705 g/mol. The smallest absolute Gasteiger partial charge is 0.305 e. The maximum Gasteiger partial charge on any atom is 0.305 e. The lowest BCUT2D eigenvalue weighted by atomic mass is 9.89. The average molecular weight is 813 g/mol. The zero-order chi connectivity index (χ0) is 41.9. The molecule has 2 heteroatoms. The highest BCUT2D eigenvalue weighted by Gasteiger charge is 2.09. The van der Waals surface area contributed by atoms with Crippen molar-refractivity contribution in [2.45, 2.75) is 316 Å². The lowest BCUT2D eigenvalue weighted by Gasteiger charge is -2.17. The molecule has 0 amide bonds. The molecule has 0 aliphatic carbocycles. The van der Waals surface area contributed by atoms with E-state index in [9.17, 15) is 4.79 Å². The van der Waals surface area contributed by atoms with Gasteiger partial charge in [0, 0.05) is 6.42 Å². The Morgan fingerprint density at radius 1 is 0.345 bits per heavy atom. The molecule has 0 bridgehead atoms. The van der Waals surface area contributed by atoms with Gasteiger partial charge in [-0.15, -0.1) is 0 Å². The van der Waals surface area contributed by atoms with Crippen LogP contribution >= 0.6 is 0 Å². The summed E-state index contributed by atoms with van der Waals surface area (Å²) < 4.78 is 5.50. The van der Waals surface area contributed by atoms with Gasteiger partial charge < -0.3 is 4.74 Å². The summed E-state index contributed by atoms with van der Waals surface area (Å²) in [7, 11) is 0. The molecule has 0 rings (SSSR count). The van der Waals surface area contributed by atoms with Crippen LogP contribution in [0.4, 0.5) is 0 Å². The Morgan fingerprint density at radius 2 is 0.638 bits per heavy atom. The highest BCUT2D eigenvalue weighted by Crippen LogP contribution is 2.25. The van der Waals surface area contributed by atoms with E-state index in [4.69, 9.17) is 4.74 Å². The van der Waals surface area contributed by atoms with Crippen molar-refractivity contribution in [1.82, 2.24) is 0 Å². The van der Waals surface area contributed by atoms with Gasteiger partial charge in [0.25, 0.3) is 0 Å². The maximum atomic E-state index is 12.1. The standard InChI is InChI=1S/C56H108O2/c1-4-7-10-13-16-18-20-21-23-27-30-34-38-43-48-53-56(57)58-54-49-44-39-35-31-28-25-22-24-26-29-33-37-42-47-52-55(50-45-40-15-12-9-6-3)51-46-41-36-32-19-17-14-11-8-5-2/h16,18,21,23,55H,4-15,17,19-20,22,24-54H2,1-3H3/b18-16-,23-21-. The molecule has 0 saturated heterocycles. The number of unbranched alkanes of at least 4 members (excludes halogenated alkanes) is 36. The summed E-state index contributed by atoms with van der Waals surface area (Å²) >= 11 is 0. The van der Waals surface area contributed by atoms with Crippen LogP contribution in [0.1, 0.15) is 316 Å².